The molecule has 62 valence electrons. The second-order valence-electron chi connectivity index (χ2n) is 2.41. The molecule has 0 saturated heterocycles. The van der Waals surface area contributed by atoms with E-state index in [1.165, 1.54) is 11.3 Å². The van der Waals surface area contributed by atoms with E-state index in [1.807, 2.05) is 6.07 Å². The molecule has 0 saturated carbocycles. The van der Waals surface area contributed by atoms with Crippen LogP contribution in [0.1, 0.15) is 17.8 Å². The molecule has 0 aromatic carbocycles. The fourth-order valence-electron chi connectivity index (χ4n) is 0.745. The van der Waals surface area contributed by atoms with Crippen molar-refractivity contribution in [1.82, 2.24) is 0 Å². The molecule has 0 radical (unpaired) electrons. The smallest absolute Gasteiger partial charge is 0.0931 e. The topological polar surface area (TPSA) is 46.2 Å². The Morgan fingerprint density at radius 3 is 2.64 bits per heavy atom. The average Bonchev–Trinajstić information content (AvgIpc) is 2.34. The van der Waals surface area contributed by atoms with Gasteiger partial charge in [0, 0.05) is 4.88 Å². The molecule has 3 N–H and O–H groups in total. The van der Waals surface area contributed by atoms with Crippen LogP contribution in [0.2, 0.25) is 4.34 Å². The summed E-state index contributed by atoms with van der Waals surface area (Å²) in [5.41, 5.74) is 5.65. The van der Waals surface area contributed by atoms with Crippen molar-refractivity contribution in [2.45, 2.75) is 19.1 Å². The molecule has 0 bridgehead atoms. The maximum atomic E-state index is 9.12. The van der Waals surface area contributed by atoms with Gasteiger partial charge in [-0.05, 0) is 19.1 Å². The van der Waals surface area contributed by atoms with Crippen LogP contribution in [0.4, 0.5) is 0 Å². The van der Waals surface area contributed by atoms with Gasteiger partial charge in [0.2, 0.25) is 0 Å². The van der Waals surface area contributed by atoms with Crippen LogP contribution in [0.15, 0.2) is 12.1 Å². The molecule has 0 aliphatic carbocycles. The summed E-state index contributed by atoms with van der Waals surface area (Å²) in [4.78, 5) is 0.921. The molecule has 0 unspecified atom stereocenters. The van der Waals surface area contributed by atoms with E-state index in [9.17, 15) is 0 Å². The highest BCUT2D eigenvalue weighted by atomic mass is 35.5. The van der Waals surface area contributed by atoms with Crippen molar-refractivity contribution in [3.8, 4) is 0 Å². The van der Waals surface area contributed by atoms with Crippen molar-refractivity contribution in [3.05, 3.63) is 21.3 Å². The lowest BCUT2D eigenvalue weighted by Gasteiger charge is -2.11. The zero-order chi connectivity index (χ0) is 8.43. The maximum absolute atomic E-state index is 9.12. The number of aliphatic hydroxyl groups is 1. The van der Waals surface area contributed by atoms with Crippen LogP contribution in [-0.2, 0) is 0 Å². The molecule has 0 aliphatic rings. The van der Waals surface area contributed by atoms with Gasteiger partial charge in [0.05, 0.1) is 16.5 Å². The fourth-order valence-corrected chi connectivity index (χ4v) is 1.91. The highest BCUT2D eigenvalue weighted by Gasteiger charge is 2.13. The van der Waals surface area contributed by atoms with E-state index in [-0.39, 0.29) is 6.04 Å². The third-order valence-electron chi connectivity index (χ3n) is 1.44. The number of thiophene rings is 1. The molecule has 0 fully saturated rings. The molecule has 1 aromatic heterocycles. The Morgan fingerprint density at radius 1 is 1.64 bits per heavy atom. The lowest BCUT2D eigenvalue weighted by Crippen LogP contribution is -2.21. The van der Waals surface area contributed by atoms with Crippen molar-refractivity contribution in [2.24, 2.45) is 5.73 Å². The fraction of sp³-hybridized carbons (Fsp3) is 0.429. The first-order valence-corrected chi connectivity index (χ1v) is 4.49. The number of hydrogen-bond donors (Lipinski definition) is 2. The molecule has 1 rings (SSSR count). The van der Waals surface area contributed by atoms with Gasteiger partial charge in [-0.2, -0.15) is 0 Å². The first-order chi connectivity index (χ1) is 5.11. The number of rotatable bonds is 2. The second-order valence-corrected chi connectivity index (χ2v) is 4.15. The lowest BCUT2D eigenvalue weighted by atomic mass is 10.2. The monoisotopic (exact) mass is 191 g/mol. The van der Waals surface area contributed by atoms with E-state index < -0.39 is 6.10 Å². The van der Waals surface area contributed by atoms with Gasteiger partial charge in [0.25, 0.3) is 0 Å². The number of hydrogen-bond acceptors (Lipinski definition) is 3. The molecule has 0 aliphatic heterocycles. The van der Waals surface area contributed by atoms with Gasteiger partial charge in [-0.1, -0.05) is 11.6 Å². The molecule has 0 spiro atoms. The summed E-state index contributed by atoms with van der Waals surface area (Å²) >= 11 is 7.10. The van der Waals surface area contributed by atoms with E-state index in [0.717, 1.165) is 4.88 Å². The second kappa shape index (κ2) is 3.54. The molecular formula is C7H10ClNOS. The van der Waals surface area contributed by atoms with Crippen LogP contribution in [0.25, 0.3) is 0 Å². The highest BCUT2D eigenvalue weighted by molar-refractivity contribution is 7.16. The summed E-state index contributed by atoms with van der Waals surface area (Å²) in [5, 5.41) is 9.12. The van der Waals surface area contributed by atoms with Crippen molar-refractivity contribution >= 4 is 22.9 Å². The first kappa shape index (κ1) is 9.00. The number of nitrogens with two attached hydrogens (primary N) is 1. The number of halogens is 1. The van der Waals surface area contributed by atoms with Gasteiger partial charge in [-0.25, -0.2) is 0 Å². The molecule has 1 aromatic rings. The van der Waals surface area contributed by atoms with E-state index in [1.54, 1.807) is 13.0 Å². The standard InChI is InChI=1S/C7H10ClNOS/c1-4(10)7(9)5-2-3-6(8)11-5/h2-4,7,10H,9H2,1H3/t4-,7+/m0/s1. The molecule has 2 atom stereocenters. The molecule has 2 nitrogen and oxygen atoms in total. The summed E-state index contributed by atoms with van der Waals surface area (Å²) in [6.07, 6.45) is -0.523. The number of aliphatic hydroxyl groups excluding tert-OH is 1. The van der Waals surface area contributed by atoms with E-state index in [0.29, 0.717) is 4.34 Å². The molecular weight excluding hydrogens is 182 g/mol. The summed E-state index contributed by atoms with van der Waals surface area (Å²) in [5.74, 6) is 0. The largest absolute Gasteiger partial charge is 0.391 e. The third kappa shape index (κ3) is 2.17. The Hall–Kier alpha value is -0.0900. The van der Waals surface area contributed by atoms with Gasteiger partial charge in [0.15, 0.2) is 0 Å². The van der Waals surface area contributed by atoms with Crippen LogP contribution in [0, 0.1) is 0 Å². The lowest BCUT2D eigenvalue weighted by molar-refractivity contribution is 0.165. The van der Waals surface area contributed by atoms with Crippen molar-refractivity contribution in [1.29, 1.82) is 0 Å². The predicted octanol–water partition coefficient (Wildman–Crippen LogP) is 1.78. The zero-order valence-corrected chi connectivity index (χ0v) is 7.69. The van der Waals surface area contributed by atoms with Crippen LogP contribution in [-0.4, -0.2) is 11.2 Å². The molecule has 4 heteroatoms. The Balaban J connectivity index is 2.76. The zero-order valence-electron chi connectivity index (χ0n) is 6.12. The van der Waals surface area contributed by atoms with Crippen molar-refractivity contribution < 1.29 is 5.11 Å². The predicted molar refractivity (Wildman–Crippen MR) is 47.9 cm³/mol. The quantitative estimate of drug-likeness (QED) is 0.749. The molecule has 1 heterocycles. The minimum absolute atomic E-state index is 0.313. The summed E-state index contributed by atoms with van der Waals surface area (Å²) in [6.45, 7) is 1.66. The minimum atomic E-state index is -0.523. The summed E-state index contributed by atoms with van der Waals surface area (Å²) in [6, 6.07) is 3.31. The van der Waals surface area contributed by atoms with Crippen LogP contribution >= 0.6 is 22.9 Å². The summed E-state index contributed by atoms with van der Waals surface area (Å²) < 4.78 is 0.705. The van der Waals surface area contributed by atoms with E-state index in [4.69, 9.17) is 22.4 Å². The van der Waals surface area contributed by atoms with Gasteiger partial charge >= 0.3 is 0 Å². The Bertz CT molecular complexity index is 236. The van der Waals surface area contributed by atoms with E-state index >= 15 is 0 Å². The van der Waals surface area contributed by atoms with Crippen LogP contribution < -0.4 is 5.73 Å². The van der Waals surface area contributed by atoms with Crippen LogP contribution in [0.3, 0.4) is 0 Å². The van der Waals surface area contributed by atoms with E-state index in [2.05, 4.69) is 0 Å². The maximum Gasteiger partial charge on any atom is 0.0931 e. The molecule has 0 amide bonds. The first-order valence-electron chi connectivity index (χ1n) is 3.30. The van der Waals surface area contributed by atoms with Crippen molar-refractivity contribution in [2.75, 3.05) is 0 Å². The Kier molecular flexibility index (Phi) is 2.90. The summed E-state index contributed by atoms with van der Waals surface area (Å²) in [7, 11) is 0. The third-order valence-corrected chi connectivity index (χ3v) is 2.77. The highest BCUT2D eigenvalue weighted by Crippen LogP contribution is 2.26. The van der Waals surface area contributed by atoms with Crippen LogP contribution in [0.5, 0.6) is 0 Å². The SMILES string of the molecule is C[C@H](O)[C@@H](N)c1ccc(Cl)s1. The average molecular weight is 192 g/mol. The van der Waals surface area contributed by atoms with Gasteiger partial charge in [0.1, 0.15) is 0 Å². The van der Waals surface area contributed by atoms with Gasteiger partial charge < -0.3 is 10.8 Å². The minimum Gasteiger partial charge on any atom is -0.391 e. The van der Waals surface area contributed by atoms with Gasteiger partial charge in [-0.3, -0.25) is 0 Å². The molecule has 11 heavy (non-hydrogen) atoms. The van der Waals surface area contributed by atoms with Gasteiger partial charge in [-0.15, -0.1) is 11.3 Å². The normalized spacial score (nSPS) is 16.4. The Morgan fingerprint density at radius 2 is 2.27 bits per heavy atom. The van der Waals surface area contributed by atoms with Crippen molar-refractivity contribution in [3.63, 3.8) is 0 Å². The Labute approximate surface area is 74.6 Å².